The van der Waals surface area contributed by atoms with Crippen molar-refractivity contribution in [3.05, 3.63) is 23.8 Å². The molecule has 1 heterocycles. The minimum atomic E-state index is 0.0340. The Kier molecular flexibility index (Phi) is 3.78. The second-order valence-electron chi connectivity index (χ2n) is 5.23. The van der Waals surface area contributed by atoms with Gasteiger partial charge in [0.05, 0.1) is 6.61 Å². The Bertz CT molecular complexity index is 499. The van der Waals surface area contributed by atoms with Gasteiger partial charge in [-0.3, -0.25) is 4.79 Å². The van der Waals surface area contributed by atoms with Crippen molar-refractivity contribution < 1.29 is 19.4 Å². The zero-order valence-corrected chi connectivity index (χ0v) is 11.4. The minimum absolute atomic E-state index is 0.0340. The van der Waals surface area contributed by atoms with Gasteiger partial charge >= 0.3 is 0 Å². The Morgan fingerprint density at radius 3 is 2.85 bits per heavy atom. The summed E-state index contributed by atoms with van der Waals surface area (Å²) in [6, 6.07) is 6.14. The highest BCUT2D eigenvalue weighted by Gasteiger charge is 2.31. The molecule has 1 aliphatic heterocycles. The molecule has 5 nitrogen and oxygen atoms in total. The maximum absolute atomic E-state index is 12.2. The van der Waals surface area contributed by atoms with Crippen LogP contribution in [0.3, 0.4) is 0 Å². The lowest BCUT2D eigenvalue weighted by molar-refractivity contribution is -0.132. The third kappa shape index (κ3) is 2.88. The topological polar surface area (TPSA) is 59.0 Å². The van der Waals surface area contributed by atoms with Gasteiger partial charge in [0.1, 0.15) is 0 Å². The SMILES string of the molecule is O=C(CCc1ccc2c(c1)OCO2)N(CCO)C1CC1. The van der Waals surface area contributed by atoms with Gasteiger partial charge < -0.3 is 19.5 Å². The number of ether oxygens (including phenoxy) is 2. The van der Waals surface area contributed by atoms with E-state index in [2.05, 4.69) is 0 Å². The van der Waals surface area contributed by atoms with Crippen LogP contribution in [0.5, 0.6) is 11.5 Å². The van der Waals surface area contributed by atoms with Crippen molar-refractivity contribution in [1.29, 1.82) is 0 Å². The largest absolute Gasteiger partial charge is 0.454 e. The summed E-state index contributed by atoms with van der Waals surface area (Å²) >= 11 is 0. The summed E-state index contributed by atoms with van der Waals surface area (Å²) in [6.45, 7) is 0.751. The standard InChI is InChI=1S/C15H19NO4/c17-8-7-16(12-3-4-12)15(18)6-2-11-1-5-13-14(9-11)20-10-19-13/h1,5,9,12,17H,2-4,6-8,10H2. The second-order valence-corrected chi connectivity index (χ2v) is 5.23. The van der Waals surface area contributed by atoms with Gasteiger partial charge in [0.25, 0.3) is 0 Å². The summed E-state index contributed by atoms with van der Waals surface area (Å²) < 4.78 is 10.6. The lowest BCUT2D eigenvalue weighted by atomic mass is 10.1. The van der Waals surface area contributed by atoms with Crippen LogP contribution < -0.4 is 9.47 Å². The van der Waals surface area contributed by atoms with Crippen molar-refractivity contribution in [2.45, 2.75) is 31.7 Å². The third-order valence-electron chi connectivity index (χ3n) is 3.71. The molecule has 5 heteroatoms. The van der Waals surface area contributed by atoms with Crippen molar-refractivity contribution in [3.8, 4) is 11.5 Å². The summed E-state index contributed by atoms with van der Waals surface area (Å²) in [6.07, 6.45) is 3.28. The van der Waals surface area contributed by atoms with Crippen LogP contribution in [0.1, 0.15) is 24.8 Å². The van der Waals surface area contributed by atoms with Crippen LogP contribution in [0, 0.1) is 0 Å². The normalized spacial score (nSPS) is 16.2. The van der Waals surface area contributed by atoms with Crippen molar-refractivity contribution in [2.24, 2.45) is 0 Å². The molecule has 1 aromatic carbocycles. The molecule has 0 aromatic heterocycles. The molecule has 0 spiro atoms. The van der Waals surface area contributed by atoms with E-state index >= 15 is 0 Å². The number of fused-ring (bicyclic) bond motifs is 1. The molecule has 0 bridgehead atoms. The van der Waals surface area contributed by atoms with Crippen molar-refractivity contribution in [1.82, 2.24) is 4.90 Å². The fourth-order valence-electron chi connectivity index (χ4n) is 2.50. The zero-order chi connectivity index (χ0) is 13.9. The Hall–Kier alpha value is -1.75. The van der Waals surface area contributed by atoms with Gasteiger partial charge in [-0.25, -0.2) is 0 Å². The molecule has 0 atom stereocenters. The highest BCUT2D eigenvalue weighted by molar-refractivity contribution is 5.77. The van der Waals surface area contributed by atoms with E-state index in [0.29, 0.717) is 25.4 Å². The van der Waals surface area contributed by atoms with E-state index in [1.54, 1.807) is 0 Å². The first-order chi connectivity index (χ1) is 9.78. The van der Waals surface area contributed by atoms with E-state index in [4.69, 9.17) is 14.6 Å². The van der Waals surface area contributed by atoms with Crippen LogP contribution in [0.4, 0.5) is 0 Å². The first kappa shape index (κ1) is 13.2. The fraction of sp³-hybridized carbons (Fsp3) is 0.533. The molecule has 0 saturated heterocycles. The smallest absolute Gasteiger partial charge is 0.231 e. The van der Waals surface area contributed by atoms with Gasteiger partial charge in [0.2, 0.25) is 12.7 Å². The molecule has 1 N–H and O–H groups in total. The van der Waals surface area contributed by atoms with E-state index in [0.717, 1.165) is 29.9 Å². The number of rotatable bonds is 6. The molecular weight excluding hydrogens is 258 g/mol. The number of nitrogens with zero attached hydrogens (tertiary/aromatic N) is 1. The predicted octanol–water partition coefficient (Wildman–Crippen LogP) is 1.33. The molecule has 1 aromatic rings. The van der Waals surface area contributed by atoms with Gasteiger partial charge in [-0.2, -0.15) is 0 Å². The van der Waals surface area contributed by atoms with Gasteiger partial charge in [0.15, 0.2) is 11.5 Å². The molecule has 108 valence electrons. The number of aryl methyl sites for hydroxylation is 1. The monoisotopic (exact) mass is 277 g/mol. The Balaban J connectivity index is 1.57. The van der Waals surface area contributed by atoms with Crippen LogP contribution >= 0.6 is 0 Å². The first-order valence-corrected chi connectivity index (χ1v) is 7.07. The number of hydrogen-bond donors (Lipinski definition) is 1. The summed E-state index contributed by atoms with van der Waals surface area (Å²) in [5.41, 5.74) is 1.07. The maximum atomic E-state index is 12.2. The van der Waals surface area contributed by atoms with E-state index in [1.807, 2.05) is 23.1 Å². The number of aliphatic hydroxyl groups is 1. The molecule has 1 aliphatic carbocycles. The molecule has 3 rings (SSSR count). The average molecular weight is 277 g/mol. The number of aliphatic hydroxyl groups excluding tert-OH is 1. The molecular formula is C15H19NO4. The van der Waals surface area contributed by atoms with E-state index in [9.17, 15) is 4.79 Å². The number of amides is 1. The Labute approximate surface area is 118 Å². The summed E-state index contributed by atoms with van der Waals surface area (Å²) in [5.74, 6) is 1.64. The van der Waals surface area contributed by atoms with Crippen LogP contribution in [0.2, 0.25) is 0 Å². The Morgan fingerprint density at radius 1 is 1.30 bits per heavy atom. The van der Waals surface area contributed by atoms with E-state index in [-0.39, 0.29) is 19.3 Å². The highest BCUT2D eigenvalue weighted by Crippen LogP contribution is 2.33. The quantitative estimate of drug-likeness (QED) is 0.852. The van der Waals surface area contributed by atoms with Gasteiger partial charge in [-0.05, 0) is 37.0 Å². The van der Waals surface area contributed by atoms with Crippen molar-refractivity contribution in [3.63, 3.8) is 0 Å². The maximum Gasteiger partial charge on any atom is 0.231 e. The zero-order valence-electron chi connectivity index (χ0n) is 11.4. The highest BCUT2D eigenvalue weighted by atomic mass is 16.7. The van der Waals surface area contributed by atoms with E-state index < -0.39 is 0 Å². The van der Waals surface area contributed by atoms with E-state index in [1.165, 1.54) is 0 Å². The van der Waals surface area contributed by atoms with Crippen LogP contribution in [0.15, 0.2) is 18.2 Å². The molecule has 0 radical (unpaired) electrons. The Morgan fingerprint density at radius 2 is 2.10 bits per heavy atom. The third-order valence-corrected chi connectivity index (χ3v) is 3.71. The number of carbonyl (C=O) groups is 1. The van der Waals surface area contributed by atoms with Gasteiger partial charge in [0, 0.05) is 19.0 Å². The molecule has 1 fully saturated rings. The molecule has 20 heavy (non-hydrogen) atoms. The first-order valence-electron chi connectivity index (χ1n) is 7.07. The number of benzene rings is 1. The van der Waals surface area contributed by atoms with Gasteiger partial charge in [-0.15, -0.1) is 0 Å². The minimum Gasteiger partial charge on any atom is -0.454 e. The lowest BCUT2D eigenvalue weighted by Crippen LogP contribution is -2.35. The second kappa shape index (κ2) is 5.71. The average Bonchev–Trinajstić information content (AvgIpc) is 3.19. The molecule has 1 amide bonds. The lowest BCUT2D eigenvalue weighted by Gasteiger charge is -2.21. The summed E-state index contributed by atoms with van der Waals surface area (Å²) in [7, 11) is 0. The number of carbonyl (C=O) groups excluding carboxylic acids is 1. The molecule has 2 aliphatic rings. The van der Waals surface area contributed by atoms with Crippen LogP contribution in [-0.2, 0) is 11.2 Å². The predicted molar refractivity (Wildman–Crippen MR) is 72.7 cm³/mol. The molecule has 0 unspecified atom stereocenters. The van der Waals surface area contributed by atoms with Crippen molar-refractivity contribution >= 4 is 5.91 Å². The van der Waals surface area contributed by atoms with Crippen LogP contribution in [0.25, 0.3) is 0 Å². The van der Waals surface area contributed by atoms with Gasteiger partial charge in [-0.1, -0.05) is 6.07 Å². The fourth-order valence-corrected chi connectivity index (χ4v) is 2.50. The summed E-state index contributed by atoms with van der Waals surface area (Å²) in [4.78, 5) is 14.0. The summed E-state index contributed by atoms with van der Waals surface area (Å²) in [5, 5.41) is 9.03. The molecule has 1 saturated carbocycles. The van der Waals surface area contributed by atoms with Crippen molar-refractivity contribution in [2.75, 3.05) is 19.9 Å². The number of hydrogen-bond acceptors (Lipinski definition) is 4. The van der Waals surface area contributed by atoms with Crippen LogP contribution in [-0.4, -0.2) is 41.9 Å².